The van der Waals surface area contributed by atoms with Crippen LogP contribution >= 0.6 is 11.8 Å². The second kappa shape index (κ2) is 8.05. The van der Waals surface area contributed by atoms with Gasteiger partial charge < -0.3 is 14.4 Å². The van der Waals surface area contributed by atoms with Gasteiger partial charge in [0, 0.05) is 16.3 Å². The Morgan fingerprint density at radius 1 is 0.926 bits per heavy atom. The van der Waals surface area contributed by atoms with E-state index in [0.717, 1.165) is 21.2 Å². The number of para-hydroxylation sites is 2. The van der Waals surface area contributed by atoms with Gasteiger partial charge in [-0.2, -0.15) is 0 Å². The normalized spacial score (nSPS) is 12.8. The molecule has 0 radical (unpaired) electrons. The van der Waals surface area contributed by atoms with Gasteiger partial charge in [-0.15, -0.1) is 0 Å². The summed E-state index contributed by atoms with van der Waals surface area (Å²) in [6, 6.07) is 16.2. The zero-order chi connectivity index (χ0) is 19.4. The van der Waals surface area contributed by atoms with E-state index in [4.69, 9.17) is 9.47 Å². The molecule has 1 aliphatic rings. The summed E-state index contributed by atoms with van der Waals surface area (Å²) in [4.78, 5) is 28.2. The Bertz CT molecular complexity index is 799. The molecule has 142 valence electrons. The zero-order valence-electron chi connectivity index (χ0n) is 15.7. The molecule has 1 heterocycles. The summed E-state index contributed by atoms with van der Waals surface area (Å²) in [6.07, 6.45) is 0.177. The number of nitrogens with zero attached hydrogens (tertiary/aromatic N) is 1. The van der Waals surface area contributed by atoms with E-state index in [0.29, 0.717) is 6.54 Å². The molecule has 0 N–H and O–H groups in total. The molecule has 0 spiro atoms. The monoisotopic (exact) mass is 385 g/mol. The smallest absolute Gasteiger partial charge is 0.344 e. The number of hydrogen-bond acceptors (Lipinski definition) is 6. The average molecular weight is 385 g/mol. The minimum Gasteiger partial charge on any atom is -0.457 e. The number of ether oxygens (including phenoxy) is 2. The van der Waals surface area contributed by atoms with Crippen molar-refractivity contribution in [1.29, 1.82) is 0 Å². The van der Waals surface area contributed by atoms with Crippen molar-refractivity contribution in [1.82, 2.24) is 0 Å². The van der Waals surface area contributed by atoms with E-state index in [2.05, 4.69) is 17.0 Å². The largest absolute Gasteiger partial charge is 0.457 e. The topological polar surface area (TPSA) is 55.8 Å². The summed E-state index contributed by atoms with van der Waals surface area (Å²) in [5.74, 6) is -0.963. The highest BCUT2D eigenvalue weighted by molar-refractivity contribution is 7.99. The van der Waals surface area contributed by atoms with Crippen LogP contribution in [0.5, 0.6) is 0 Å². The molecule has 3 rings (SSSR count). The van der Waals surface area contributed by atoms with Crippen LogP contribution in [0.25, 0.3) is 0 Å². The predicted molar refractivity (Wildman–Crippen MR) is 105 cm³/mol. The lowest BCUT2D eigenvalue weighted by Crippen LogP contribution is -2.28. The van der Waals surface area contributed by atoms with Gasteiger partial charge in [0.1, 0.15) is 5.60 Å². The lowest BCUT2D eigenvalue weighted by Gasteiger charge is -2.32. The Balaban J connectivity index is 1.63. The molecule has 27 heavy (non-hydrogen) atoms. The van der Waals surface area contributed by atoms with Gasteiger partial charge in [0.15, 0.2) is 6.61 Å². The van der Waals surface area contributed by atoms with E-state index in [1.54, 1.807) is 32.5 Å². The fourth-order valence-corrected chi connectivity index (χ4v) is 3.90. The molecule has 1 aliphatic heterocycles. The van der Waals surface area contributed by atoms with Crippen molar-refractivity contribution < 1.29 is 19.1 Å². The van der Waals surface area contributed by atoms with Crippen LogP contribution in [-0.4, -0.2) is 30.7 Å². The first kappa shape index (κ1) is 19.3. The summed E-state index contributed by atoms with van der Waals surface area (Å²) in [5.41, 5.74) is 1.55. The van der Waals surface area contributed by atoms with Crippen LogP contribution in [0.1, 0.15) is 27.2 Å². The fraction of sp³-hybridized carbons (Fsp3) is 0.333. The summed E-state index contributed by atoms with van der Waals surface area (Å²) in [7, 11) is 0. The standard InChI is InChI=1S/C21H23NO4S/c1-21(2,3)26-20(24)14-25-19(23)12-13-22-15-8-4-6-10-17(15)27-18-11-7-5-9-16(18)22/h4-11H,12-14H2,1-3H3. The molecule has 5 nitrogen and oxygen atoms in total. The Labute approximate surface area is 163 Å². The van der Waals surface area contributed by atoms with Crippen LogP contribution in [0.4, 0.5) is 11.4 Å². The van der Waals surface area contributed by atoms with E-state index in [9.17, 15) is 9.59 Å². The SMILES string of the molecule is CC(C)(C)OC(=O)COC(=O)CCN1c2ccccc2Sc2ccccc21. The molecular weight excluding hydrogens is 362 g/mol. The Kier molecular flexibility index (Phi) is 5.75. The molecule has 0 fully saturated rings. The van der Waals surface area contributed by atoms with Crippen LogP contribution in [0.15, 0.2) is 58.3 Å². The first-order valence-corrected chi connectivity index (χ1v) is 9.66. The van der Waals surface area contributed by atoms with Gasteiger partial charge in [0.25, 0.3) is 0 Å². The maximum absolute atomic E-state index is 12.1. The average Bonchev–Trinajstić information content (AvgIpc) is 2.62. The minimum atomic E-state index is -0.595. The van der Waals surface area contributed by atoms with E-state index in [-0.39, 0.29) is 13.0 Å². The van der Waals surface area contributed by atoms with Gasteiger partial charge in [-0.25, -0.2) is 4.79 Å². The first-order valence-electron chi connectivity index (χ1n) is 8.84. The molecule has 2 aromatic carbocycles. The van der Waals surface area contributed by atoms with Crippen LogP contribution in [-0.2, 0) is 19.1 Å². The highest BCUT2D eigenvalue weighted by Crippen LogP contribution is 2.47. The molecule has 0 unspecified atom stereocenters. The minimum absolute atomic E-state index is 0.177. The molecule has 0 saturated heterocycles. The summed E-state index contributed by atoms with van der Waals surface area (Å²) >= 11 is 1.72. The molecular formula is C21H23NO4S. The van der Waals surface area contributed by atoms with E-state index in [1.807, 2.05) is 36.4 Å². The van der Waals surface area contributed by atoms with Crippen LogP contribution < -0.4 is 4.90 Å². The Hall–Kier alpha value is -2.47. The molecule has 0 aromatic heterocycles. The predicted octanol–water partition coefficient (Wildman–Crippen LogP) is 4.56. The van der Waals surface area contributed by atoms with Crippen molar-refractivity contribution in [3.8, 4) is 0 Å². The number of carbonyl (C=O) groups is 2. The molecule has 2 aromatic rings. The van der Waals surface area contributed by atoms with E-state index >= 15 is 0 Å². The highest BCUT2D eigenvalue weighted by Gasteiger charge is 2.24. The van der Waals surface area contributed by atoms with Gasteiger partial charge in [0.05, 0.1) is 17.8 Å². The molecule has 0 bridgehead atoms. The van der Waals surface area contributed by atoms with Crippen molar-refractivity contribution in [2.75, 3.05) is 18.1 Å². The van der Waals surface area contributed by atoms with Gasteiger partial charge in [-0.1, -0.05) is 36.0 Å². The quantitative estimate of drug-likeness (QED) is 0.703. The third-order valence-corrected chi connectivity index (χ3v) is 4.97. The van der Waals surface area contributed by atoms with Crippen LogP contribution in [0, 0.1) is 0 Å². The zero-order valence-corrected chi connectivity index (χ0v) is 16.5. The van der Waals surface area contributed by atoms with Crippen molar-refractivity contribution in [3.05, 3.63) is 48.5 Å². The maximum atomic E-state index is 12.1. The van der Waals surface area contributed by atoms with E-state index in [1.165, 1.54) is 0 Å². The van der Waals surface area contributed by atoms with Crippen molar-refractivity contribution in [2.24, 2.45) is 0 Å². The number of esters is 2. The molecule has 0 amide bonds. The number of hydrogen-bond donors (Lipinski definition) is 0. The molecule has 6 heteroatoms. The van der Waals surface area contributed by atoms with Crippen molar-refractivity contribution >= 4 is 35.1 Å². The Morgan fingerprint density at radius 3 is 2.04 bits per heavy atom. The van der Waals surface area contributed by atoms with Crippen molar-refractivity contribution in [3.63, 3.8) is 0 Å². The van der Waals surface area contributed by atoms with Crippen LogP contribution in [0.3, 0.4) is 0 Å². The summed E-state index contributed by atoms with van der Waals surface area (Å²) < 4.78 is 10.2. The van der Waals surface area contributed by atoms with Gasteiger partial charge >= 0.3 is 11.9 Å². The number of carbonyl (C=O) groups excluding carboxylic acids is 2. The van der Waals surface area contributed by atoms with Gasteiger partial charge in [-0.05, 0) is 45.0 Å². The maximum Gasteiger partial charge on any atom is 0.344 e. The third-order valence-electron chi connectivity index (χ3n) is 3.84. The van der Waals surface area contributed by atoms with E-state index < -0.39 is 17.5 Å². The number of anilines is 2. The first-order chi connectivity index (χ1) is 12.8. The highest BCUT2D eigenvalue weighted by atomic mass is 32.2. The third kappa shape index (κ3) is 5.04. The van der Waals surface area contributed by atoms with Gasteiger partial charge in [0.2, 0.25) is 0 Å². The van der Waals surface area contributed by atoms with Gasteiger partial charge in [-0.3, -0.25) is 4.79 Å². The summed E-state index contributed by atoms with van der Waals surface area (Å²) in [5, 5.41) is 0. The Morgan fingerprint density at radius 2 is 1.48 bits per heavy atom. The molecule has 0 atom stereocenters. The lowest BCUT2D eigenvalue weighted by atomic mass is 10.2. The number of rotatable bonds is 5. The van der Waals surface area contributed by atoms with Crippen molar-refractivity contribution in [2.45, 2.75) is 42.6 Å². The number of benzene rings is 2. The van der Waals surface area contributed by atoms with Crippen LogP contribution in [0.2, 0.25) is 0 Å². The number of fused-ring (bicyclic) bond motifs is 2. The fourth-order valence-electron chi connectivity index (χ4n) is 2.81. The molecule has 0 aliphatic carbocycles. The summed E-state index contributed by atoms with van der Waals surface area (Å²) in [6.45, 7) is 5.43. The lowest BCUT2D eigenvalue weighted by molar-refractivity contribution is -0.166. The molecule has 0 saturated carbocycles. The second-order valence-electron chi connectivity index (χ2n) is 7.19. The second-order valence-corrected chi connectivity index (χ2v) is 8.27.